The number of tetrazole rings is 1. The number of nitrogens with two attached hydrogens (primary N) is 1. The molecule has 0 saturated heterocycles. The summed E-state index contributed by atoms with van der Waals surface area (Å²) in [6, 6.07) is 4.91. The fraction of sp³-hybridized carbons (Fsp3) is 0.300. The highest BCUT2D eigenvalue weighted by Crippen LogP contribution is 2.30. The van der Waals surface area contributed by atoms with Crippen LogP contribution in [0, 0.1) is 5.82 Å². The number of thioether (sulfide) groups is 1. The fourth-order valence-corrected chi connectivity index (χ4v) is 2.16. The zero-order valence-electron chi connectivity index (χ0n) is 9.30. The summed E-state index contributed by atoms with van der Waals surface area (Å²) in [5.41, 5.74) is 5.89. The minimum Gasteiger partial charge on any atom is -0.329 e. The largest absolute Gasteiger partial charge is 0.329 e. The first-order chi connectivity index (χ1) is 8.27. The van der Waals surface area contributed by atoms with Gasteiger partial charge in [-0.1, -0.05) is 6.07 Å². The Morgan fingerprint density at radius 2 is 2.29 bits per heavy atom. The molecule has 2 aromatic rings. The summed E-state index contributed by atoms with van der Waals surface area (Å²) >= 11 is 1.45. The van der Waals surface area contributed by atoms with Crippen molar-refractivity contribution in [3.05, 3.63) is 24.0 Å². The van der Waals surface area contributed by atoms with Crippen LogP contribution >= 0.6 is 11.8 Å². The molecule has 1 aromatic carbocycles. The van der Waals surface area contributed by atoms with Crippen molar-refractivity contribution in [3.8, 4) is 11.4 Å². The highest BCUT2D eigenvalue weighted by atomic mass is 32.2. The molecule has 0 aliphatic rings. The van der Waals surface area contributed by atoms with Crippen LogP contribution in [0.3, 0.4) is 0 Å². The van der Waals surface area contributed by atoms with Crippen LogP contribution < -0.4 is 5.73 Å². The lowest BCUT2D eigenvalue weighted by Gasteiger charge is -2.08. The number of nitrogens with zero attached hydrogens (tertiary/aromatic N) is 4. The maximum absolute atomic E-state index is 13.9. The number of rotatable bonds is 4. The molecule has 1 aromatic heterocycles. The van der Waals surface area contributed by atoms with E-state index in [9.17, 15) is 4.39 Å². The molecule has 0 unspecified atom stereocenters. The van der Waals surface area contributed by atoms with Crippen molar-refractivity contribution < 1.29 is 4.39 Å². The standard InChI is InChI=1S/C10H12FN5S/c1-17-8-4-2-3-7(11)9(8)10-13-14-15-16(10)6-5-12/h2-4H,5-6,12H2,1H3. The lowest BCUT2D eigenvalue weighted by molar-refractivity contribution is 0.593. The zero-order chi connectivity index (χ0) is 12.3. The quantitative estimate of drug-likeness (QED) is 0.828. The summed E-state index contributed by atoms with van der Waals surface area (Å²) in [6.45, 7) is 0.867. The van der Waals surface area contributed by atoms with Crippen molar-refractivity contribution in [2.75, 3.05) is 12.8 Å². The van der Waals surface area contributed by atoms with Crippen LogP contribution in [0.15, 0.2) is 23.1 Å². The monoisotopic (exact) mass is 253 g/mol. The van der Waals surface area contributed by atoms with Gasteiger partial charge in [0.05, 0.1) is 12.1 Å². The Morgan fingerprint density at radius 1 is 1.47 bits per heavy atom. The van der Waals surface area contributed by atoms with Crippen LogP contribution in [0.5, 0.6) is 0 Å². The van der Waals surface area contributed by atoms with Gasteiger partial charge in [-0.3, -0.25) is 0 Å². The lowest BCUT2D eigenvalue weighted by Crippen LogP contribution is -2.13. The van der Waals surface area contributed by atoms with Gasteiger partial charge in [0.25, 0.3) is 0 Å². The van der Waals surface area contributed by atoms with E-state index in [0.717, 1.165) is 4.90 Å². The van der Waals surface area contributed by atoms with E-state index in [1.54, 1.807) is 6.07 Å². The second kappa shape index (κ2) is 5.24. The molecule has 0 aliphatic heterocycles. The molecule has 0 saturated carbocycles. The molecule has 17 heavy (non-hydrogen) atoms. The van der Waals surface area contributed by atoms with Crippen LogP contribution in [0.1, 0.15) is 0 Å². The Balaban J connectivity index is 2.55. The maximum atomic E-state index is 13.9. The van der Waals surface area contributed by atoms with Gasteiger partial charge >= 0.3 is 0 Å². The average molecular weight is 253 g/mol. The molecule has 2 rings (SSSR count). The molecule has 5 nitrogen and oxygen atoms in total. The highest BCUT2D eigenvalue weighted by Gasteiger charge is 2.16. The minimum absolute atomic E-state index is 0.329. The van der Waals surface area contributed by atoms with E-state index in [2.05, 4.69) is 15.5 Å². The summed E-state index contributed by atoms with van der Waals surface area (Å²) in [5, 5.41) is 11.2. The van der Waals surface area contributed by atoms with E-state index in [1.165, 1.54) is 22.5 Å². The first-order valence-corrected chi connectivity index (χ1v) is 6.29. The number of hydrogen-bond acceptors (Lipinski definition) is 5. The Morgan fingerprint density at radius 3 is 3.00 bits per heavy atom. The van der Waals surface area contributed by atoms with Gasteiger partial charge in [-0.25, -0.2) is 9.07 Å². The van der Waals surface area contributed by atoms with Crippen LogP contribution in [0.4, 0.5) is 4.39 Å². The van der Waals surface area contributed by atoms with Crippen molar-refractivity contribution in [3.63, 3.8) is 0 Å². The molecular weight excluding hydrogens is 241 g/mol. The van der Waals surface area contributed by atoms with Gasteiger partial charge in [0, 0.05) is 11.4 Å². The molecule has 7 heteroatoms. The topological polar surface area (TPSA) is 69.6 Å². The molecule has 0 spiro atoms. The second-order valence-electron chi connectivity index (χ2n) is 3.33. The molecule has 2 N–H and O–H groups in total. The summed E-state index contributed by atoms with van der Waals surface area (Å²) in [6.07, 6.45) is 1.88. The molecule has 0 radical (unpaired) electrons. The van der Waals surface area contributed by atoms with Crippen molar-refractivity contribution >= 4 is 11.8 Å². The van der Waals surface area contributed by atoms with Crippen molar-refractivity contribution in [2.45, 2.75) is 11.4 Å². The molecule has 0 amide bonds. The van der Waals surface area contributed by atoms with E-state index in [1.807, 2.05) is 12.3 Å². The third kappa shape index (κ3) is 2.29. The van der Waals surface area contributed by atoms with Gasteiger partial charge < -0.3 is 5.73 Å². The summed E-state index contributed by atoms with van der Waals surface area (Å²) in [7, 11) is 0. The van der Waals surface area contributed by atoms with E-state index in [-0.39, 0.29) is 5.82 Å². The Labute approximate surface area is 102 Å². The summed E-state index contributed by atoms with van der Waals surface area (Å²) in [5.74, 6) is 0.0859. The molecule has 90 valence electrons. The van der Waals surface area contributed by atoms with Crippen molar-refractivity contribution in [1.29, 1.82) is 0 Å². The summed E-state index contributed by atoms with van der Waals surface area (Å²) in [4.78, 5) is 0.804. The van der Waals surface area contributed by atoms with Crippen LogP contribution in [-0.2, 0) is 6.54 Å². The van der Waals surface area contributed by atoms with Crippen LogP contribution in [0.2, 0.25) is 0 Å². The molecule has 0 atom stereocenters. The van der Waals surface area contributed by atoms with Gasteiger partial charge in [0.15, 0.2) is 5.82 Å². The number of halogens is 1. The van der Waals surface area contributed by atoms with Gasteiger partial charge in [-0.2, -0.15) is 0 Å². The first-order valence-electron chi connectivity index (χ1n) is 5.07. The van der Waals surface area contributed by atoms with E-state index < -0.39 is 0 Å². The first kappa shape index (κ1) is 12.0. The smallest absolute Gasteiger partial charge is 0.186 e. The van der Waals surface area contributed by atoms with Gasteiger partial charge in [-0.05, 0) is 28.8 Å². The predicted octanol–water partition coefficient (Wildman–Crippen LogP) is 1.16. The van der Waals surface area contributed by atoms with Crippen molar-refractivity contribution in [1.82, 2.24) is 20.2 Å². The summed E-state index contributed by atoms with van der Waals surface area (Å²) < 4.78 is 15.4. The maximum Gasteiger partial charge on any atom is 0.186 e. The lowest BCUT2D eigenvalue weighted by atomic mass is 10.2. The Kier molecular flexibility index (Phi) is 3.70. The third-order valence-corrected chi connectivity index (χ3v) is 3.07. The van der Waals surface area contributed by atoms with Crippen molar-refractivity contribution in [2.24, 2.45) is 5.73 Å². The molecule has 1 heterocycles. The number of benzene rings is 1. The minimum atomic E-state index is -0.329. The van der Waals surface area contributed by atoms with Crippen LogP contribution in [0.25, 0.3) is 11.4 Å². The van der Waals surface area contributed by atoms with Gasteiger partial charge in [-0.15, -0.1) is 16.9 Å². The van der Waals surface area contributed by atoms with E-state index >= 15 is 0 Å². The molecule has 0 bridgehead atoms. The number of aromatic nitrogens is 4. The SMILES string of the molecule is CSc1cccc(F)c1-c1nnnn1CCN. The molecule has 0 fully saturated rings. The second-order valence-corrected chi connectivity index (χ2v) is 4.18. The zero-order valence-corrected chi connectivity index (χ0v) is 10.1. The van der Waals surface area contributed by atoms with Gasteiger partial charge in [0.1, 0.15) is 5.82 Å². The van der Waals surface area contributed by atoms with Gasteiger partial charge in [0.2, 0.25) is 0 Å². The normalized spacial score (nSPS) is 10.8. The highest BCUT2D eigenvalue weighted by molar-refractivity contribution is 7.98. The number of hydrogen-bond donors (Lipinski definition) is 1. The van der Waals surface area contributed by atoms with E-state index in [0.29, 0.717) is 24.5 Å². The van der Waals surface area contributed by atoms with Crippen LogP contribution in [-0.4, -0.2) is 33.0 Å². The predicted molar refractivity (Wildman–Crippen MR) is 64.0 cm³/mol. The average Bonchev–Trinajstić information content (AvgIpc) is 2.77. The Bertz CT molecular complexity index is 513. The molecule has 0 aliphatic carbocycles. The third-order valence-electron chi connectivity index (χ3n) is 2.29. The molecular formula is C10H12FN5S. The van der Waals surface area contributed by atoms with E-state index in [4.69, 9.17) is 5.73 Å². The Hall–Kier alpha value is -1.47. The fourth-order valence-electron chi connectivity index (χ4n) is 1.55.